The summed E-state index contributed by atoms with van der Waals surface area (Å²) in [6, 6.07) is 5.13. The molecule has 4 N–H and O–H groups in total. The van der Waals surface area contributed by atoms with Crippen molar-refractivity contribution in [2.24, 2.45) is 5.73 Å². The van der Waals surface area contributed by atoms with Gasteiger partial charge in [0, 0.05) is 0 Å². The molecular formula is C11H14N2O4. The number of carbonyl (C=O) groups excluding carboxylic acids is 1. The largest absolute Gasteiger partial charge is 0.492 e. The summed E-state index contributed by atoms with van der Waals surface area (Å²) in [6.45, 7) is 2.25. The minimum absolute atomic E-state index is 0.399. The second-order valence-electron chi connectivity index (χ2n) is 3.23. The molecule has 0 bridgehead atoms. The number of rotatable bonds is 5. The lowest BCUT2D eigenvalue weighted by atomic mass is 10.2. The smallest absolute Gasteiger partial charge is 0.330 e. The van der Waals surface area contributed by atoms with Crippen LogP contribution in [-0.4, -0.2) is 29.6 Å². The van der Waals surface area contributed by atoms with Crippen LogP contribution in [0.25, 0.3) is 0 Å². The van der Waals surface area contributed by atoms with E-state index >= 15 is 0 Å². The Morgan fingerprint density at radius 2 is 2.12 bits per heavy atom. The van der Waals surface area contributed by atoms with Crippen LogP contribution >= 0.6 is 0 Å². The van der Waals surface area contributed by atoms with Crippen LogP contribution in [0, 0.1) is 0 Å². The van der Waals surface area contributed by atoms with Gasteiger partial charge < -0.3 is 20.9 Å². The van der Waals surface area contributed by atoms with Crippen molar-refractivity contribution in [3.8, 4) is 5.75 Å². The number of aliphatic carboxylic acids is 1. The van der Waals surface area contributed by atoms with Gasteiger partial charge in [-0.2, -0.15) is 0 Å². The van der Waals surface area contributed by atoms with E-state index in [0.717, 1.165) is 0 Å². The molecule has 0 spiro atoms. The molecular weight excluding hydrogens is 224 g/mol. The van der Waals surface area contributed by atoms with Gasteiger partial charge >= 0.3 is 5.97 Å². The van der Waals surface area contributed by atoms with Crippen molar-refractivity contribution < 1.29 is 19.4 Å². The zero-order valence-electron chi connectivity index (χ0n) is 9.34. The number of nitrogens with two attached hydrogens (primary N) is 1. The van der Waals surface area contributed by atoms with E-state index in [1.54, 1.807) is 24.3 Å². The highest BCUT2D eigenvalue weighted by molar-refractivity contribution is 6.08. The van der Waals surface area contributed by atoms with Crippen molar-refractivity contribution in [3.63, 3.8) is 0 Å². The predicted molar refractivity (Wildman–Crippen MR) is 61.9 cm³/mol. The van der Waals surface area contributed by atoms with Gasteiger partial charge in [0.2, 0.25) is 0 Å². The van der Waals surface area contributed by atoms with Crippen LogP contribution in [0.4, 0.5) is 5.69 Å². The van der Waals surface area contributed by atoms with E-state index in [-0.39, 0.29) is 0 Å². The number of para-hydroxylation sites is 2. The Morgan fingerprint density at radius 3 is 2.71 bits per heavy atom. The molecule has 0 saturated carbocycles. The fourth-order valence-corrected chi connectivity index (χ4v) is 1.17. The molecule has 0 heterocycles. The molecule has 92 valence electrons. The maximum absolute atomic E-state index is 11.4. The molecule has 0 saturated heterocycles. The van der Waals surface area contributed by atoms with Gasteiger partial charge in [-0.15, -0.1) is 0 Å². The number of hydrogen-bond donors (Lipinski definition) is 3. The monoisotopic (exact) mass is 238 g/mol. The number of hydrogen-bond acceptors (Lipinski definition) is 4. The predicted octanol–water partition coefficient (Wildman–Crippen LogP) is 0.436. The summed E-state index contributed by atoms with van der Waals surface area (Å²) in [7, 11) is 0. The average molecular weight is 238 g/mol. The van der Waals surface area contributed by atoms with Gasteiger partial charge in [0.05, 0.1) is 12.3 Å². The number of benzene rings is 1. The molecule has 0 aliphatic carbocycles. The Morgan fingerprint density at radius 1 is 1.47 bits per heavy atom. The molecule has 0 aromatic heterocycles. The third-order valence-corrected chi connectivity index (χ3v) is 1.99. The van der Waals surface area contributed by atoms with E-state index in [1.165, 1.54) is 0 Å². The summed E-state index contributed by atoms with van der Waals surface area (Å²) in [5.41, 5.74) is 5.58. The van der Waals surface area contributed by atoms with Gasteiger partial charge in [0.15, 0.2) is 6.04 Å². The lowest BCUT2D eigenvalue weighted by Crippen LogP contribution is -2.42. The van der Waals surface area contributed by atoms with Crippen molar-refractivity contribution in [3.05, 3.63) is 24.3 Å². The third kappa shape index (κ3) is 3.46. The maximum Gasteiger partial charge on any atom is 0.330 e. The van der Waals surface area contributed by atoms with Crippen LogP contribution in [0.5, 0.6) is 5.75 Å². The molecule has 6 heteroatoms. The highest BCUT2D eigenvalue weighted by Crippen LogP contribution is 2.23. The van der Waals surface area contributed by atoms with E-state index in [4.69, 9.17) is 15.6 Å². The first-order chi connectivity index (χ1) is 8.06. The van der Waals surface area contributed by atoms with Crippen LogP contribution in [0.2, 0.25) is 0 Å². The van der Waals surface area contributed by atoms with Crippen molar-refractivity contribution >= 4 is 17.6 Å². The van der Waals surface area contributed by atoms with Crippen molar-refractivity contribution in [2.75, 3.05) is 11.9 Å². The summed E-state index contributed by atoms with van der Waals surface area (Å²) >= 11 is 0. The fourth-order valence-electron chi connectivity index (χ4n) is 1.17. The summed E-state index contributed by atoms with van der Waals surface area (Å²) in [5, 5.41) is 11.0. The Kier molecular flexibility index (Phi) is 4.47. The summed E-state index contributed by atoms with van der Waals surface area (Å²) in [6.07, 6.45) is 0. The number of carboxylic acid groups (broad SMARTS) is 1. The Bertz CT molecular complexity index is 420. The number of amides is 1. The first-order valence-corrected chi connectivity index (χ1v) is 5.07. The zero-order valence-corrected chi connectivity index (χ0v) is 9.34. The number of nitrogens with one attached hydrogen (secondary N) is 1. The van der Waals surface area contributed by atoms with E-state index in [9.17, 15) is 9.59 Å². The summed E-state index contributed by atoms with van der Waals surface area (Å²) < 4.78 is 5.28. The molecule has 6 nitrogen and oxygen atoms in total. The van der Waals surface area contributed by atoms with Crippen LogP contribution in [0.15, 0.2) is 24.3 Å². The molecule has 1 aromatic carbocycles. The molecule has 0 fully saturated rings. The van der Waals surface area contributed by atoms with Crippen LogP contribution in [0.3, 0.4) is 0 Å². The molecule has 0 aliphatic rings. The molecule has 17 heavy (non-hydrogen) atoms. The van der Waals surface area contributed by atoms with Crippen LogP contribution < -0.4 is 15.8 Å². The SMILES string of the molecule is CCOc1ccccc1NC(=O)C(N)C(=O)O. The van der Waals surface area contributed by atoms with Crippen LogP contribution in [-0.2, 0) is 9.59 Å². The summed E-state index contributed by atoms with van der Waals surface area (Å²) in [4.78, 5) is 22.0. The number of anilines is 1. The van der Waals surface area contributed by atoms with E-state index < -0.39 is 17.9 Å². The molecule has 1 aromatic rings. The molecule has 1 amide bonds. The minimum Gasteiger partial charge on any atom is -0.492 e. The van der Waals surface area contributed by atoms with Crippen molar-refractivity contribution in [2.45, 2.75) is 13.0 Å². The highest BCUT2D eigenvalue weighted by Gasteiger charge is 2.21. The van der Waals surface area contributed by atoms with Crippen molar-refractivity contribution in [1.82, 2.24) is 0 Å². The average Bonchev–Trinajstić information content (AvgIpc) is 2.30. The van der Waals surface area contributed by atoms with E-state index in [1.807, 2.05) is 6.92 Å². The Labute approximate surface area is 98.4 Å². The van der Waals surface area contributed by atoms with Gasteiger partial charge in [-0.25, -0.2) is 4.79 Å². The molecule has 0 aliphatic heterocycles. The second kappa shape index (κ2) is 5.86. The third-order valence-electron chi connectivity index (χ3n) is 1.99. The van der Waals surface area contributed by atoms with Gasteiger partial charge in [-0.3, -0.25) is 4.79 Å². The van der Waals surface area contributed by atoms with Gasteiger partial charge in [-0.05, 0) is 19.1 Å². The maximum atomic E-state index is 11.4. The lowest BCUT2D eigenvalue weighted by molar-refractivity contribution is -0.141. The lowest BCUT2D eigenvalue weighted by Gasteiger charge is -2.12. The fraction of sp³-hybridized carbons (Fsp3) is 0.273. The molecule has 1 atom stereocenters. The number of carboxylic acids is 1. The molecule has 0 radical (unpaired) electrons. The van der Waals surface area contributed by atoms with E-state index in [2.05, 4.69) is 5.32 Å². The Balaban J connectivity index is 2.80. The van der Waals surface area contributed by atoms with E-state index in [0.29, 0.717) is 18.0 Å². The summed E-state index contributed by atoms with van der Waals surface area (Å²) in [5.74, 6) is -1.69. The highest BCUT2D eigenvalue weighted by atomic mass is 16.5. The standard InChI is InChI=1S/C11H14N2O4/c1-2-17-8-6-4-3-5-7(8)13-10(14)9(12)11(15)16/h3-6,9H,2,12H2,1H3,(H,13,14)(H,15,16). The number of carbonyl (C=O) groups is 2. The minimum atomic E-state index is -1.59. The topological polar surface area (TPSA) is 102 Å². The molecule has 1 unspecified atom stereocenters. The zero-order chi connectivity index (χ0) is 12.8. The van der Waals surface area contributed by atoms with Crippen molar-refractivity contribution in [1.29, 1.82) is 0 Å². The van der Waals surface area contributed by atoms with Gasteiger partial charge in [-0.1, -0.05) is 12.1 Å². The molecule has 1 rings (SSSR count). The Hall–Kier alpha value is -2.08. The first kappa shape index (κ1) is 13.0. The van der Waals surface area contributed by atoms with Gasteiger partial charge in [0.1, 0.15) is 5.75 Å². The number of ether oxygens (including phenoxy) is 1. The second-order valence-corrected chi connectivity index (χ2v) is 3.23. The quantitative estimate of drug-likeness (QED) is 0.646. The van der Waals surface area contributed by atoms with Gasteiger partial charge in [0.25, 0.3) is 5.91 Å². The van der Waals surface area contributed by atoms with Crippen LogP contribution in [0.1, 0.15) is 6.92 Å². The normalized spacial score (nSPS) is 11.6. The first-order valence-electron chi connectivity index (χ1n) is 5.07.